The summed E-state index contributed by atoms with van der Waals surface area (Å²) in [5.74, 6) is -1.48. The lowest BCUT2D eigenvalue weighted by atomic mass is 9.89. The first-order valence-electron chi connectivity index (χ1n) is 17.9. The fourth-order valence-corrected chi connectivity index (χ4v) is 7.55. The summed E-state index contributed by atoms with van der Waals surface area (Å²) in [7, 11) is 0. The van der Waals surface area contributed by atoms with Crippen molar-refractivity contribution in [2.24, 2.45) is 0 Å². The molecule has 4 aromatic carbocycles. The molecule has 3 atom stereocenters. The lowest BCUT2D eigenvalue weighted by molar-refractivity contribution is -0.136. The van der Waals surface area contributed by atoms with Crippen LogP contribution in [0.3, 0.4) is 0 Å². The van der Waals surface area contributed by atoms with Crippen molar-refractivity contribution >= 4 is 40.2 Å². The maximum absolute atomic E-state index is 13.6. The number of nitrogens with one attached hydrogen (secondary N) is 4. The predicted octanol–water partition coefficient (Wildman–Crippen LogP) is 6.10. The van der Waals surface area contributed by atoms with Gasteiger partial charge >= 0.3 is 0 Å². The molecule has 2 fully saturated rings. The maximum atomic E-state index is 13.6. The van der Waals surface area contributed by atoms with Crippen molar-refractivity contribution in [3.63, 3.8) is 0 Å². The number of aryl methyl sites for hydroxylation is 1. The van der Waals surface area contributed by atoms with Crippen LogP contribution in [-0.2, 0) is 32.0 Å². The number of benzene rings is 4. The maximum Gasteiger partial charge on any atom is 0.247 e. The lowest BCUT2D eigenvalue weighted by Gasteiger charge is -2.24. The molecular weight excluding hydrogens is 638 g/mol. The van der Waals surface area contributed by atoms with Gasteiger partial charge in [0.15, 0.2) is 0 Å². The zero-order valence-electron chi connectivity index (χ0n) is 28.8. The summed E-state index contributed by atoms with van der Waals surface area (Å²) in [5, 5.41) is 9.92. The van der Waals surface area contributed by atoms with Gasteiger partial charge in [-0.2, -0.15) is 0 Å². The van der Waals surface area contributed by atoms with E-state index in [1.54, 1.807) is 4.90 Å². The molecule has 0 spiro atoms. The van der Waals surface area contributed by atoms with Crippen LogP contribution in [0.1, 0.15) is 60.8 Å². The molecule has 0 radical (unpaired) electrons. The van der Waals surface area contributed by atoms with Gasteiger partial charge in [0.2, 0.25) is 23.6 Å². The Hall–Kier alpha value is -5.54. The summed E-state index contributed by atoms with van der Waals surface area (Å²) in [6.07, 6.45) is 4.10. The van der Waals surface area contributed by atoms with Crippen molar-refractivity contribution in [1.29, 1.82) is 0 Å². The highest BCUT2D eigenvalue weighted by Gasteiger charge is 2.34. The predicted molar refractivity (Wildman–Crippen MR) is 199 cm³/mol. The molecule has 260 valence electrons. The lowest BCUT2D eigenvalue weighted by Crippen LogP contribution is -2.45. The third-order valence-corrected chi connectivity index (χ3v) is 10.2. The summed E-state index contributed by atoms with van der Waals surface area (Å²) in [5.41, 5.74) is 7.22. The summed E-state index contributed by atoms with van der Waals surface area (Å²) in [6.45, 7) is 3.46. The summed E-state index contributed by atoms with van der Waals surface area (Å²) in [4.78, 5) is 58.4. The Labute approximate surface area is 297 Å². The second-order valence-electron chi connectivity index (χ2n) is 13.5. The molecule has 9 heteroatoms. The number of hydrogen-bond donors (Lipinski definition) is 4. The number of rotatable bonds is 10. The third-order valence-electron chi connectivity index (χ3n) is 10.2. The zero-order chi connectivity index (χ0) is 35.3. The number of aromatic amines is 1. The quantitative estimate of drug-likeness (QED) is 0.142. The van der Waals surface area contributed by atoms with E-state index in [9.17, 15) is 19.2 Å². The molecule has 51 heavy (non-hydrogen) atoms. The van der Waals surface area contributed by atoms with E-state index in [0.717, 1.165) is 76.6 Å². The van der Waals surface area contributed by atoms with Crippen LogP contribution in [0, 0.1) is 0 Å². The fraction of sp³-hybridized carbons (Fsp3) is 0.286. The number of likely N-dealkylation sites (tertiary alicyclic amines) is 1. The minimum atomic E-state index is -0.644. The van der Waals surface area contributed by atoms with Gasteiger partial charge in [0.25, 0.3) is 0 Å². The SMILES string of the molecule is CCc1c(-c2ccc([C@@H](C(=O)NC(=O)C3CCCN3)c3ccccc3)cc2)[nH]c2ccc(NC(=O)[C@@H]3CCCN3C(=O)Cc3ccccc3)cc12. The number of fused-ring (bicyclic) bond motifs is 1. The van der Waals surface area contributed by atoms with E-state index in [1.807, 2.05) is 103 Å². The summed E-state index contributed by atoms with van der Waals surface area (Å²) >= 11 is 0. The van der Waals surface area contributed by atoms with Crippen LogP contribution >= 0.6 is 0 Å². The molecule has 7 rings (SSSR count). The molecule has 4 amide bonds. The van der Waals surface area contributed by atoms with Crippen molar-refractivity contribution < 1.29 is 19.2 Å². The first kappa shape index (κ1) is 33.9. The molecule has 2 saturated heterocycles. The Bertz CT molecular complexity index is 2030. The van der Waals surface area contributed by atoms with Crippen molar-refractivity contribution in [3.8, 4) is 11.3 Å². The molecule has 0 bridgehead atoms. The summed E-state index contributed by atoms with van der Waals surface area (Å²) in [6, 6.07) is 32.1. The second kappa shape index (κ2) is 15.1. The van der Waals surface area contributed by atoms with E-state index in [1.165, 1.54) is 0 Å². The third kappa shape index (κ3) is 7.35. The van der Waals surface area contributed by atoms with Gasteiger partial charge in [-0.15, -0.1) is 0 Å². The highest BCUT2D eigenvalue weighted by atomic mass is 16.2. The average molecular weight is 682 g/mol. The van der Waals surface area contributed by atoms with E-state index in [2.05, 4.69) is 27.9 Å². The van der Waals surface area contributed by atoms with Crippen LogP contribution in [0.5, 0.6) is 0 Å². The molecule has 0 aliphatic carbocycles. The number of anilines is 1. The zero-order valence-corrected chi connectivity index (χ0v) is 28.8. The number of H-pyrrole nitrogens is 1. The highest BCUT2D eigenvalue weighted by Crippen LogP contribution is 2.34. The Morgan fingerprint density at radius 1 is 0.824 bits per heavy atom. The van der Waals surface area contributed by atoms with Gasteiger partial charge in [0.05, 0.1) is 18.4 Å². The van der Waals surface area contributed by atoms with Gasteiger partial charge in [0, 0.05) is 28.8 Å². The van der Waals surface area contributed by atoms with Gasteiger partial charge in [0.1, 0.15) is 6.04 Å². The van der Waals surface area contributed by atoms with E-state index < -0.39 is 12.0 Å². The van der Waals surface area contributed by atoms with E-state index in [4.69, 9.17) is 0 Å². The monoisotopic (exact) mass is 681 g/mol. The Morgan fingerprint density at radius 2 is 1.55 bits per heavy atom. The van der Waals surface area contributed by atoms with Crippen LogP contribution in [0.4, 0.5) is 5.69 Å². The van der Waals surface area contributed by atoms with Crippen molar-refractivity contribution in [2.45, 2.75) is 63.5 Å². The fourth-order valence-electron chi connectivity index (χ4n) is 7.55. The summed E-state index contributed by atoms with van der Waals surface area (Å²) < 4.78 is 0. The molecule has 2 aliphatic rings. The van der Waals surface area contributed by atoms with Crippen LogP contribution in [0.25, 0.3) is 22.2 Å². The van der Waals surface area contributed by atoms with Gasteiger partial charge in [-0.1, -0.05) is 91.9 Å². The average Bonchev–Trinajstić information content (AvgIpc) is 3.94. The minimum absolute atomic E-state index is 0.0329. The van der Waals surface area contributed by atoms with Crippen LogP contribution in [0.2, 0.25) is 0 Å². The minimum Gasteiger partial charge on any atom is -0.354 e. The van der Waals surface area contributed by atoms with Crippen molar-refractivity contribution in [1.82, 2.24) is 20.5 Å². The van der Waals surface area contributed by atoms with E-state index in [0.29, 0.717) is 18.7 Å². The number of hydrogen-bond acceptors (Lipinski definition) is 5. The molecule has 5 aromatic rings. The molecular formula is C42H43N5O4. The van der Waals surface area contributed by atoms with Crippen LogP contribution in [-0.4, -0.2) is 58.7 Å². The standard InChI is InChI=1S/C42H43N5O4/c1-2-32-33-26-31(44-41(50)36-16-10-24-47(36)37(48)25-27-11-5-3-6-12-27)21-22-34(33)45-39(32)30-19-17-29(18-20-30)38(28-13-7-4-8-14-28)42(51)46-40(49)35-15-9-23-43-35/h3-8,11-14,17-22,26,35-36,38,43,45H,2,9-10,15-16,23-25H2,1H3,(H,44,50)(H,46,49,51)/t35?,36-,38-/m0/s1. The molecule has 0 saturated carbocycles. The normalized spacial score (nSPS) is 17.7. The van der Waals surface area contributed by atoms with Crippen LogP contribution < -0.4 is 16.0 Å². The number of amides is 4. The first-order chi connectivity index (χ1) is 24.9. The second-order valence-corrected chi connectivity index (χ2v) is 13.5. The van der Waals surface area contributed by atoms with Gasteiger partial charge in [-0.3, -0.25) is 24.5 Å². The molecule has 2 aliphatic heterocycles. The Balaban J connectivity index is 1.09. The van der Waals surface area contributed by atoms with Gasteiger partial charge in [-0.05, 0) is 84.7 Å². The van der Waals surface area contributed by atoms with Gasteiger partial charge < -0.3 is 20.5 Å². The molecule has 9 nitrogen and oxygen atoms in total. The molecule has 3 heterocycles. The van der Waals surface area contributed by atoms with Gasteiger partial charge in [-0.25, -0.2) is 0 Å². The molecule has 1 aromatic heterocycles. The molecule has 1 unspecified atom stereocenters. The largest absolute Gasteiger partial charge is 0.354 e. The number of nitrogens with zero attached hydrogens (tertiary/aromatic N) is 1. The molecule has 4 N–H and O–H groups in total. The first-order valence-corrected chi connectivity index (χ1v) is 17.9. The van der Waals surface area contributed by atoms with Crippen molar-refractivity contribution in [2.75, 3.05) is 18.4 Å². The highest BCUT2D eigenvalue weighted by molar-refractivity contribution is 6.02. The number of imide groups is 1. The van der Waals surface area contributed by atoms with E-state index in [-0.39, 0.29) is 36.1 Å². The van der Waals surface area contributed by atoms with Crippen LogP contribution in [0.15, 0.2) is 103 Å². The van der Waals surface area contributed by atoms with E-state index >= 15 is 0 Å². The number of aromatic nitrogens is 1. The topological polar surface area (TPSA) is 123 Å². The number of carbonyl (C=O) groups is 4. The smallest absolute Gasteiger partial charge is 0.247 e. The Morgan fingerprint density at radius 3 is 2.25 bits per heavy atom. The van der Waals surface area contributed by atoms with Crippen molar-refractivity contribution in [3.05, 3.63) is 125 Å². The number of carbonyl (C=O) groups excluding carboxylic acids is 4. The Kier molecular flexibility index (Phi) is 10.1.